The molecule has 0 bridgehead atoms. The Kier molecular flexibility index (Phi) is 3.90. The Bertz CT molecular complexity index is 711. The molecule has 2 heteroatoms. The van der Waals surface area contributed by atoms with Crippen molar-refractivity contribution in [2.45, 2.75) is 65.2 Å². The van der Waals surface area contributed by atoms with Gasteiger partial charge in [0.15, 0.2) is 0 Å². The molecule has 0 spiro atoms. The largest absolute Gasteiger partial charge is 0.370 e. The number of nitrogens with zero attached hydrogens (tertiary/aromatic N) is 2. The molecule has 0 atom stereocenters. The van der Waals surface area contributed by atoms with Crippen LogP contribution in [0, 0.1) is 0 Å². The van der Waals surface area contributed by atoms with Crippen LogP contribution in [0.1, 0.15) is 65.6 Å². The Hall–Kier alpha value is -1.57. The fourth-order valence-electron chi connectivity index (χ4n) is 3.45. The molecule has 1 aliphatic rings. The molecule has 1 saturated heterocycles. The average Bonchev–Trinajstić information content (AvgIpc) is 2.97. The third-order valence-electron chi connectivity index (χ3n) is 4.84. The first-order chi connectivity index (χ1) is 10.7. The molecule has 0 aliphatic carbocycles. The number of aromatic nitrogens is 1. The minimum absolute atomic E-state index is 0.0618. The lowest BCUT2D eigenvalue weighted by Crippen LogP contribution is -2.21. The molecule has 0 saturated carbocycles. The quantitative estimate of drug-likeness (QED) is 0.698. The van der Waals surface area contributed by atoms with Crippen molar-refractivity contribution in [1.82, 2.24) is 4.98 Å². The number of anilines is 1. The minimum Gasteiger partial charge on any atom is -0.370 e. The molecule has 2 heterocycles. The van der Waals surface area contributed by atoms with E-state index in [9.17, 15) is 0 Å². The van der Waals surface area contributed by atoms with Crippen LogP contribution < -0.4 is 4.90 Å². The molecule has 2 nitrogen and oxygen atoms in total. The lowest BCUT2D eigenvalue weighted by atomic mass is 9.81. The summed E-state index contributed by atoms with van der Waals surface area (Å²) in [6, 6.07) is 9.02. The highest BCUT2D eigenvalue weighted by Gasteiger charge is 2.25. The average molecular weight is 310 g/mol. The van der Waals surface area contributed by atoms with Gasteiger partial charge in [-0.1, -0.05) is 53.7 Å². The van der Waals surface area contributed by atoms with Crippen LogP contribution in [0.2, 0.25) is 0 Å². The fraction of sp³-hybridized carbons (Fsp3) is 0.571. The summed E-state index contributed by atoms with van der Waals surface area (Å²) in [6.45, 7) is 16.0. The summed E-state index contributed by atoms with van der Waals surface area (Å²) in [5.74, 6) is 0. The normalized spacial score (nSPS) is 16.3. The van der Waals surface area contributed by atoms with E-state index in [0.29, 0.717) is 0 Å². The van der Waals surface area contributed by atoms with Crippen LogP contribution in [-0.4, -0.2) is 18.1 Å². The van der Waals surface area contributed by atoms with Gasteiger partial charge in [0.2, 0.25) is 0 Å². The van der Waals surface area contributed by atoms with Gasteiger partial charge in [-0.2, -0.15) is 0 Å². The van der Waals surface area contributed by atoms with E-state index in [-0.39, 0.29) is 10.8 Å². The zero-order valence-corrected chi connectivity index (χ0v) is 15.5. The van der Waals surface area contributed by atoms with Crippen molar-refractivity contribution in [3.05, 3.63) is 35.5 Å². The predicted molar refractivity (Wildman–Crippen MR) is 101 cm³/mol. The van der Waals surface area contributed by atoms with Crippen molar-refractivity contribution < 1.29 is 0 Å². The summed E-state index contributed by atoms with van der Waals surface area (Å²) in [5.41, 5.74) is 5.29. The number of benzene rings is 1. The molecule has 0 amide bonds. The molecule has 0 unspecified atom stereocenters. The van der Waals surface area contributed by atoms with E-state index in [4.69, 9.17) is 4.98 Å². The Balaban J connectivity index is 2.32. The van der Waals surface area contributed by atoms with Crippen LogP contribution in [0.3, 0.4) is 0 Å². The molecule has 2 aromatic rings. The number of para-hydroxylation sites is 1. The van der Waals surface area contributed by atoms with Crippen LogP contribution in [0.25, 0.3) is 10.9 Å². The third kappa shape index (κ3) is 3.08. The van der Waals surface area contributed by atoms with Crippen LogP contribution in [0.15, 0.2) is 24.3 Å². The summed E-state index contributed by atoms with van der Waals surface area (Å²) in [5, 5.41) is 1.31. The lowest BCUT2D eigenvalue weighted by molar-refractivity contribution is 0.558. The Morgan fingerprint density at radius 2 is 1.57 bits per heavy atom. The van der Waals surface area contributed by atoms with Crippen molar-refractivity contribution in [1.29, 1.82) is 0 Å². The van der Waals surface area contributed by atoms with E-state index in [1.54, 1.807) is 0 Å². The van der Waals surface area contributed by atoms with Gasteiger partial charge in [-0.3, -0.25) is 4.98 Å². The topological polar surface area (TPSA) is 16.1 Å². The Morgan fingerprint density at radius 3 is 2.13 bits per heavy atom. The number of hydrogen-bond acceptors (Lipinski definition) is 2. The molecule has 1 fully saturated rings. The number of hydrogen-bond donors (Lipinski definition) is 0. The van der Waals surface area contributed by atoms with Gasteiger partial charge in [-0.15, -0.1) is 0 Å². The van der Waals surface area contributed by atoms with E-state index in [1.807, 2.05) is 0 Å². The monoisotopic (exact) mass is 310 g/mol. The fourth-order valence-corrected chi connectivity index (χ4v) is 3.45. The predicted octanol–water partition coefficient (Wildman–Crippen LogP) is 5.43. The van der Waals surface area contributed by atoms with E-state index < -0.39 is 0 Å². The SMILES string of the molecule is CC(C)(C)c1cc(C(C)(C)C)c2cccc(N3CCCC3)c2n1. The van der Waals surface area contributed by atoms with Crippen molar-refractivity contribution >= 4 is 16.6 Å². The lowest BCUT2D eigenvalue weighted by Gasteiger charge is -2.28. The minimum atomic E-state index is 0.0618. The van der Waals surface area contributed by atoms with Gasteiger partial charge in [-0.05, 0) is 36.0 Å². The van der Waals surface area contributed by atoms with E-state index >= 15 is 0 Å². The van der Waals surface area contributed by atoms with Crippen LogP contribution in [0.5, 0.6) is 0 Å². The molecular formula is C21H30N2. The summed E-state index contributed by atoms with van der Waals surface area (Å²) in [6.07, 6.45) is 2.59. The smallest absolute Gasteiger partial charge is 0.0941 e. The summed E-state index contributed by atoms with van der Waals surface area (Å²) in [7, 11) is 0. The molecule has 23 heavy (non-hydrogen) atoms. The van der Waals surface area contributed by atoms with Crippen molar-refractivity contribution in [3.63, 3.8) is 0 Å². The number of rotatable bonds is 1. The van der Waals surface area contributed by atoms with Crippen LogP contribution in [0.4, 0.5) is 5.69 Å². The third-order valence-corrected chi connectivity index (χ3v) is 4.84. The zero-order chi connectivity index (χ0) is 16.8. The highest BCUT2D eigenvalue weighted by Crippen LogP contribution is 2.37. The second-order valence-corrected chi connectivity index (χ2v) is 8.92. The molecule has 0 N–H and O–H groups in total. The number of pyridine rings is 1. The Morgan fingerprint density at radius 1 is 0.913 bits per heavy atom. The van der Waals surface area contributed by atoms with Crippen molar-refractivity contribution in [2.75, 3.05) is 18.0 Å². The molecule has 124 valence electrons. The van der Waals surface area contributed by atoms with Gasteiger partial charge in [0.05, 0.1) is 11.2 Å². The summed E-state index contributed by atoms with van der Waals surface area (Å²) in [4.78, 5) is 7.63. The van der Waals surface area contributed by atoms with Gasteiger partial charge < -0.3 is 4.90 Å². The molecule has 1 aromatic carbocycles. The van der Waals surface area contributed by atoms with E-state index in [0.717, 1.165) is 13.1 Å². The highest BCUT2D eigenvalue weighted by atomic mass is 15.1. The van der Waals surface area contributed by atoms with Crippen molar-refractivity contribution in [3.8, 4) is 0 Å². The van der Waals surface area contributed by atoms with E-state index in [2.05, 4.69) is 70.7 Å². The van der Waals surface area contributed by atoms with Gasteiger partial charge in [0.25, 0.3) is 0 Å². The van der Waals surface area contributed by atoms with Crippen LogP contribution >= 0.6 is 0 Å². The number of fused-ring (bicyclic) bond motifs is 1. The second kappa shape index (κ2) is 5.51. The van der Waals surface area contributed by atoms with Gasteiger partial charge in [-0.25, -0.2) is 0 Å². The first kappa shape index (κ1) is 16.3. The molecule has 1 aromatic heterocycles. The maximum Gasteiger partial charge on any atom is 0.0941 e. The summed E-state index contributed by atoms with van der Waals surface area (Å²) < 4.78 is 0. The van der Waals surface area contributed by atoms with Crippen molar-refractivity contribution in [2.24, 2.45) is 0 Å². The molecular weight excluding hydrogens is 280 g/mol. The standard InChI is InChI=1S/C21H30N2/c1-20(2,3)16-14-18(21(4,5)6)22-19-15(16)10-9-11-17(19)23-12-7-8-13-23/h9-11,14H,7-8,12-13H2,1-6H3. The first-order valence-corrected chi connectivity index (χ1v) is 8.87. The second-order valence-electron chi connectivity index (χ2n) is 8.92. The first-order valence-electron chi connectivity index (χ1n) is 8.87. The van der Waals surface area contributed by atoms with Gasteiger partial charge >= 0.3 is 0 Å². The van der Waals surface area contributed by atoms with E-state index in [1.165, 1.54) is 40.7 Å². The zero-order valence-electron chi connectivity index (χ0n) is 15.5. The summed E-state index contributed by atoms with van der Waals surface area (Å²) >= 11 is 0. The highest BCUT2D eigenvalue weighted by molar-refractivity contribution is 5.94. The van der Waals surface area contributed by atoms with Gasteiger partial charge in [0.1, 0.15) is 0 Å². The maximum absolute atomic E-state index is 5.12. The molecule has 1 aliphatic heterocycles. The Labute approximate surface area is 140 Å². The van der Waals surface area contributed by atoms with Gasteiger partial charge in [0, 0.05) is 29.6 Å². The molecule has 3 rings (SSSR count). The molecule has 0 radical (unpaired) electrons. The maximum atomic E-state index is 5.12. The van der Waals surface area contributed by atoms with Crippen LogP contribution in [-0.2, 0) is 10.8 Å².